The Labute approximate surface area is 134 Å². The first-order valence-electron chi connectivity index (χ1n) is 7.40. The molecule has 0 spiro atoms. The van der Waals surface area contributed by atoms with E-state index in [2.05, 4.69) is 21.8 Å². The summed E-state index contributed by atoms with van der Waals surface area (Å²) in [5.41, 5.74) is 7.47. The van der Waals surface area contributed by atoms with Crippen molar-refractivity contribution in [3.63, 3.8) is 0 Å². The van der Waals surface area contributed by atoms with Crippen molar-refractivity contribution in [3.8, 4) is 17.0 Å². The third kappa shape index (κ3) is 3.51. The van der Waals surface area contributed by atoms with E-state index in [-0.39, 0.29) is 12.2 Å². The zero-order valence-corrected chi connectivity index (χ0v) is 13.4. The highest BCUT2D eigenvalue weighted by Gasteiger charge is 2.20. The second-order valence-electron chi connectivity index (χ2n) is 5.17. The molecule has 1 aromatic heterocycles. The van der Waals surface area contributed by atoms with Crippen molar-refractivity contribution in [2.45, 2.75) is 13.2 Å². The van der Waals surface area contributed by atoms with E-state index < -0.39 is 0 Å². The maximum absolute atomic E-state index is 6.13. The van der Waals surface area contributed by atoms with Gasteiger partial charge in [0, 0.05) is 30.2 Å². The molecule has 22 heavy (non-hydrogen) atoms. The van der Waals surface area contributed by atoms with Gasteiger partial charge < -0.3 is 10.5 Å². The van der Waals surface area contributed by atoms with Crippen LogP contribution in [0.5, 0.6) is 5.75 Å². The van der Waals surface area contributed by atoms with E-state index >= 15 is 0 Å². The molecule has 0 aliphatic carbocycles. The van der Waals surface area contributed by atoms with Gasteiger partial charge in [0.25, 0.3) is 0 Å². The first-order chi connectivity index (χ1) is 10.7. The second-order valence-corrected chi connectivity index (χ2v) is 6.40. The molecule has 1 unspecified atom stereocenters. The van der Waals surface area contributed by atoms with Crippen LogP contribution >= 0.6 is 11.8 Å². The van der Waals surface area contributed by atoms with Crippen LogP contribution in [-0.4, -0.2) is 45.7 Å². The van der Waals surface area contributed by atoms with Crippen LogP contribution in [0.15, 0.2) is 36.5 Å². The fourth-order valence-corrected chi connectivity index (χ4v) is 3.40. The van der Waals surface area contributed by atoms with Crippen molar-refractivity contribution in [2.75, 3.05) is 30.3 Å². The van der Waals surface area contributed by atoms with Gasteiger partial charge in [0.2, 0.25) is 5.95 Å². The normalized spacial score (nSPS) is 17.1. The van der Waals surface area contributed by atoms with Crippen LogP contribution in [-0.2, 0) is 0 Å². The topological polar surface area (TPSA) is 64.3 Å². The fraction of sp³-hybridized carbons (Fsp3) is 0.375. The molecular weight excluding hydrogens is 296 g/mol. The lowest BCUT2D eigenvalue weighted by Gasteiger charge is -2.32. The summed E-state index contributed by atoms with van der Waals surface area (Å²) in [5, 5.41) is 0. The second kappa shape index (κ2) is 6.98. The molecule has 1 aliphatic heterocycles. The molecule has 2 N–H and O–H groups in total. The predicted molar refractivity (Wildman–Crippen MR) is 90.9 cm³/mol. The zero-order chi connectivity index (χ0) is 15.4. The van der Waals surface area contributed by atoms with Crippen molar-refractivity contribution < 1.29 is 4.74 Å². The number of benzene rings is 1. The number of anilines is 1. The highest BCUT2D eigenvalue weighted by atomic mass is 32.2. The highest BCUT2D eigenvalue weighted by Crippen LogP contribution is 2.29. The van der Waals surface area contributed by atoms with Crippen LogP contribution in [0.4, 0.5) is 5.95 Å². The van der Waals surface area contributed by atoms with E-state index in [9.17, 15) is 0 Å². The van der Waals surface area contributed by atoms with Crippen LogP contribution in [0.3, 0.4) is 0 Å². The van der Waals surface area contributed by atoms with Crippen molar-refractivity contribution in [2.24, 2.45) is 0 Å². The Kier molecular flexibility index (Phi) is 4.80. The smallest absolute Gasteiger partial charge is 0.220 e. The average Bonchev–Trinajstić information content (AvgIpc) is 2.58. The van der Waals surface area contributed by atoms with Gasteiger partial charge in [0.05, 0.1) is 6.20 Å². The minimum Gasteiger partial charge on any atom is -0.471 e. The van der Waals surface area contributed by atoms with Gasteiger partial charge >= 0.3 is 0 Å². The largest absolute Gasteiger partial charge is 0.471 e. The molecule has 3 rings (SSSR count). The summed E-state index contributed by atoms with van der Waals surface area (Å²) in [6.07, 6.45) is 1.66. The van der Waals surface area contributed by atoms with Gasteiger partial charge in [0.15, 0.2) is 5.75 Å². The average molecular weight is 316 g/mol. The number of rotatable bonds is 4. The maximum Gasteiger partial charge on any atom is 0.220 e. The van der Waals surface area contributed by atoms with E-state index in [1.807, 2.05) is 42.1 Å². The van der Waals surface area contributed by atoms with Crippen molar-refractivity contribution >= 4 is 17.7 Å². The molecule has 6 heteroatoms. The van der Waals surface area contributed by atoms with Crippen LogP contribution in [0.25, 0.3) is 11.3 Å². The van der Waals surface area contributed by atoms with E-state index in [0.29, 0.717) is 5.75 Å². The molecule has 1 fully saturated rings. The predicted octanol–water partition coefficient (Wildman–Crippen LogP) is 2.50. The number of nitrogen functional groups attached to an aromatic ring is 1. The SMILES string of the molecule is CC(Oc1cnc(N)nc1-c1ccccc1)N1CCSCC1. The van der Waals surface area contributed by atoms with Crippen LogP contribution in [0.1, 0.15) is 6.92 Å². The summed E-state index contributed by atoms with van der Waals surface area (Å²) >= 11 is 1.99. The van der Waals surface area contributed by atoms with Gasteiger partial charge in [-0.2, -0.15) is 11.8 Å². The lowest BCUT2D eigenvalue weighted by atomic mass is 10.1. The standard InChI is InChI=1S/C16H20N4OS/c1-12(20-7-9-22-10-8-20)21-14-11-18-16(17)19-15(14)13-5-3-2-4-6-13/h2-6,11-12H,7-10H2,1H3,(H2,17,18,19). The summed E-state index contributed by atoms with van der Waals surface area (Å²) in [4.78, 5) is 10.8. The molecule has 1 atom stereocenters. The van der Waals surface area contributed by atoms with Crippen molar-refractivity contribution in [3.05, 3.63) is 36.5 Å². The third-order valence-corrected chi connectivity index (χ3v) is 4.62. The number of hydrogen-bond donors (Lipinski definition) is 1. The summed E-state index contributed by atoms with van der Waals surface area (Å²) in [6, 6.07) is 9.92. The third-order valence-electron chi connectivity index (χ3n) is 3.68. The van der Waals surface area contributed by atoms with Gasteiger partial charge in [-0.25, -0.2) is 9.97 Å². The lowest BCUT2D eigenvalue weighted by molar-refractivity contribution is 0.0477. The quantitative estimate of drug-likeness (QED) is 0.935. The Hall–Kier alpha value is -1.79. The van der Waals surface area contributed by atoms with Gasteiger partial charge in [-0.05, 0) is 6.92 Å². The summed E-state index contributed by atoms with van der Waals surface area (Å²) in [6.45, 7) is 4.16. The first kappa shape index (κ1) is 15.1. The van der Waals surface area contributed by atoms with Crippen LogP contribution < -0.4 is 10.5 Å². The monoisotopic (exact) mass is 316 g/mol. The molecule has 0 bridgehead atoms. The van der Waals surface area contributed by atoms with E-state index in [0.717, 1.165) is 35.9 Å². The number of thioether (sulfide) groups is 1. The van der Waals surface area contributed by atoms with E-state index in [1.165, 1.54) is 0 Å². The minimum atomic E-state index is -0.00409. The Balaban J connectivity index is 1.84. The molecule has 116 valence electrons. The molecule has 2 heterocycles. The lowest BCUT2D eigenvalue weighted by Crippen LogP contribution is -2.42. The summed E-state index contributed by atoms with van der Waals surface area (Å²) < 4.78 is 6.13. The number of ether oxygens (including phenoxy) is 1. The summed E-state index contributed by atoms with van der Waals surface area (Å²) in [7, 11) is 0. The Morgan fingerprint density at radius 3 is 2.68 bits per heavy atom. The number of hydrogen-bond acceptors (Lipinski definition) is 6. The minimum absolute atomic E-state index is 0.00409. The zero-order valence-electron chi connectivity index (χ0n) is 12.6. The number of nitrogens with two attached hydrogens (primary N) is 1. The van der Waals surface area contributed by atoms with Gasteiger partial charge in [-0.3, -0.25) is 4.90 Å². The maximum atomic E-state index is 6.13. The molecule has 2 aromatic rings. The molecule has 5 nitrogen and oxygen atoms in total. The van der Waals surface area contributed by atoms with Gasteiger partial charge in [-0.15, -0.1) is 0 Å². The van der Waals surface area contributed by atoms with Crippen LogP contribution in [0, 0.1) is 0 Å². The molecule has 0 amide bonds. The number of aromatic nitrogens is 2. The molecule has 1 aliphatic rings. The molecule has 0 radical (unpaired) electrons. The fourth-order valence-electron chi connectivity index (χ4n) is 2.47. The van der Waals surface area contributed by atoms with E-state index in [4.69, 9.17) is 10.5 Å². The molecule has 1 aromatic carbocycles. The molecule has 1 saturated heterocycles. The van der Waals surface area contributed by atoms with Crippen molar-refractivity contribution in [1.29, 1.82) is 0 Å². The first-order valence-corrected chi connectivity index (χ1v) is 8.56. The Morgan fingerprint density at radius 2 is 1.95 bits per heavy atom. The van der Waals surface area contributed by atoms with Gasteiger partial charge in [-0.1, -0.05) is 30.3 Å². The highest BCUT2D eigenvalue weighted by molar-refractivity contribution is 7.99. The Bertz CT molecular complexity index is 617. The van der Waals surface area contributed by atoms with Crippen molar-refractivity contribution in [1.82, 2.24) is 14.9 Å². The Morgan fingerprint density at radius 1 is 1.23 bits per heavy atom. The summed E-state index contributed by atoms with van der Waals surface area (Å²) in [5.74, 6) is 3.23. The van der Waals surface area contributed by atoms with Gasteiger partial charge in [0.1, 0.15) is 11.9 Å². The molecular formula is C16H20N4OS. The van der Waals surface area contributed by atoms with Crippen LogP contribution in [0.2, 0.25) is 0 Å². The van der Waals surface area contributed by atoms with E-state index in [1.54, 1.807) is 6.20 Å². The molecule has 0 saturated carbocycles. The number of nitrogens with zero attached hydrogens (tertiary/aromatic N) is 3.